The Morgan fingerprint density at radius 3 is 2.48 bits per heavy atom. The fraction of sp³-hybridized carbons (Fsp3) is 0.750. The van der Waals surface area contributed by atoms with Crippen molar-refractivity contribution < 1.29 is 9.53 Å². The van der Waals surface area contributed by atoms with Gasteiger partial charge < -0.3 is 15.0 Å². The van der Waals surface area contributed by atoms with Gasteiger partial charge in [-0.05, 0) is 107 Å². The summed E-state index contributed by atoms with van der Waals surface area (Å²) in [5.74, 6) is 1.99. The van der Waals surface area contributed by atoms with Gasteiger partial charge in [0.05, 0.1) is 5.60 Å². The van der Waals surface area contributed by atoms with Gasteiger partial charge in [0.15, 0.2) is 0 Å². The van der Waals surface area contributed by atoms with Crippen LogP contribution >= 0.6 is 0 Å². The van der Waals surface area contributed by atoms with E-state index < -0.39 is 0 Å². The van der Waals surface area contributed by atoms with E-state index in [1.165, 1.54) is 36.8 Å². The van der Waals surface area contributed by atoms with E-state index in [1.807, 2.05) is 13.2 Å². The molecule has 1 aromatic rings. The third-order valence-electron chi connectivity index (χ3n) is 8.66. The number of likely N-dealkylation sites (tertiary alicyclic amines) is 1. The Balaban J connectivity index is 1.37. The molecule has 2 heterocycles. The summed E-state index contributed by atoms with van der Waals surface area (Å²) in [6.45, 7) is 12.1. The second-order valence-electron chi connectivity index (χ2n) is 11.6. The van der Waals surface area contributed by atoms with Crippen LogP contribution in [0.2, 0.25) is 0 Å². The number of carbonyl (C=O) groups excluding carboxylic acids is 1. The first-order chi connectivity index (χ1) is 15.8. The molecule has 0 bridgehead atoms. The van der Waals surface area contributed by atoms with Crippen molar-refractivity contribution in [1.82, 2.24) is 15.1 Å². The fourth-order valence-corrected chi connectivity index (χ4v) is 6.26. The monoisotopic (exact) mass is 455 g/mol. The van der Waals surface area contributed by atoms with Crippen molar-refractivity contribution in [2.45, 2.75) is 77.5 Å². The topological polar surface area (TPSA) is 44.8 Å². The van der Waals surface area contributed by atoms with E-state index in [4.69, 9.17) is 4.74 Å². The molecule has 1 amide bonds. The van der Waals surface area contributed by atoms with Gasteiger partial charge in [0.25, 0.3) is 5.91 Å². The maximum atomic E-state index is 12.9. The number of benzene rings is 1. The lowest BCUT2D eigenvalue weighted by molar-refractivity contribution is -0.0385. The maximum Gasteiger partial charge on any atom is 0.251 e. The van der Waals surface area contributed by atoms with Gasteiger partial charge in [-0.25, -0.2) is 0 Å². The average molecular weight is 456 g/mol. The van der Waals surface area contributed by atoms with Crippen LogP contribution in [0.5, 0.6) is 0 Å². The molecule has 3 aliphatic rings. The van der Waals surface area contributed by atoms with Crippen molar-refractivity contribution in [3.05, 3.63) is 34.9 Å². The minimum absolute atomic E-state index is 0.0672. The molecule has 1 aromatic carbocycles. The number of amides is 1. The molecule has 1 N–H and O–H groups in total. The molecule has 1 unspecified atom stereocenters. The number of nitrogens with zero attached hydrogens (tertiary/aromatic N) is 2. The zero-order valence-corrected chi connectivity index (χ0v) is 21.5. The molecule has 2 aliphatic heterocycles. The molecule has 1 atom stereocenters. The summed E-state index contributed by atoms with van der Waals surface area (Å²) < 4.78 is 5.75. The molecule has 0 radical (unpaired) electrons. The van der Waals surface area contributed by atoms with Crippen molar-refractivity contribution >= 4 is 5.91 Å². The summed E-state index contributed by atoms with van der Waals surface area (Å²) >= 11 is 0. The summed E-state index contributed by atoms with van der Waals surface area (Å²) in [6, 6.07) is 6.89. The molecule has 1 saturated carbocycles. The van der Waals surface area contributed by atoms with Crippen molar-refractivity contribution in [1.29, 1.82) is 0 Å². The molecular formula is C28H45N3O2. The van der Waals surface area contributed by atoms with E-state index in [-0.39, 0.29) is 11.5 Å². The highest BCUT2D eigenvalue weighted by molar-refractivity contribution is 5.94. The lowest BCUT2D eigenvalue weighted by atomic mass is 9.79. The first kappa shape index (κ1) is 24.7. The van der Waals surface area contributed by atoms with Gasteiger partial charge in [0.2, 0.25) is 0 Å². The number of fused-ring (bicyclic) bond motifs is 1. The van der Waals surface area contributed by atoms with Crippen LogP contribution in [0.25, 0.3) is 0 Å². The quantitative estimate of drug-likeness (QED) is 0.637. The zero-order chi connectivity index (χ0) is 23.6. The predicted molar refractivity (Wildman–Crippen MR) is 134 cm³/mol. The van der Waals surface area contributed by atoms with E-state index in [0.29, 0.717) is 17.9 Å². The third-order valence-corrected chi connectivity index (χ3v) is 8.66. The zero-order valence-electron chi connectivity index (χ0n) is 21.5. The van der Waals surface area contributed by atoms with Crippen molar-refractivity contribution in [3.63, 3.8) is 0 Å². The van der Waals surface area contributed by atoms with E-state index in [1.54, 1.807) is 0 Å². The highest BCUT2D eigenvalue weighted by atomic mass is 16.5. The number of piperidine rings is 1. The van der Waals surface area contributed by atoms with Gasteiger partial charge >= 0.3 is 0 Å². The van der Waals surface area contributed by atoms with Gasteiger partial charge in [-0.15, -0.1) is 0 Å². The first-order valence-electron chi connectivity index (χ1n) is 13.2. The van der Waals surface area contributed by atoms with Crippen LogP contribution in [0.15, 0.2) is 18.2 Å². The van der Waals surface area contributed by atoms with Crippen LogP contribution in [0.3, 0.4) is 0 Å². The number of rotatable bonds is 7. The van der Waals surface area contributed by atoms with Gasteiger partial charge in [-0.2, -0.15) is 0 Å². The molecule has 2 fully saturated rings. The van der Waals surface area contributed by atoms with Crippen LogP contribution in [0, 0.1) is 17.8 Å². The smallest absolute Gasteiger partial charge is 0.251 e. The average Bonchev–Trinajstić information content (AvgIpc) is 3.17. The Morgan fingerprint density at radius 2 is 1.85 bits per heavy atom. The molecule has 4 rings (SSSR count). The number of hydrogen-bond donors (Lipinski definition) is 1. The van der Waals surface area contributed by atoms with Gasteiger partial charge in [-0.3, -0.25) is 9.69 Å². The standard InChI is InChI=1S/C28H45N3O2/c1-20(2)26-25-7-6-23(27(32)29-17-21-10-14-30(4)15-11-21)16-24(25)19-31(26)18-22-8-12-28(3,33-5)13-9-22/h6-7,16,20-22,26H,8-15,17-19H2,1-5H3,(H,29,32). The number of hydrogen-bond acceptors (Lipinski definition) is 4. The third kappa shape index (κ3) is 5.80. The number of ether oxygens (including phenoxy) is 1. The maximum absolute atomic E-state index is 12.9. The number of carbonyl (C=O) groups is 1. The molecule has 0 aromatic heterocycles. The molecule has 1 aliphatic carbocycles. The van der Waals surface area contributed by atoms with E-state index in [2.05, 4.69) is 55.1 Å². The molecule has 1 saturated heterocycles. The number of methoxy groups -OCH3 is 1. The summed E-state index contributed by atoms with van der Waals surface area (Å²) in [4.78, 5) is 18.0. The molecule has 5 heteroatoms. The van der Waals surface area contributed by atoms with Crippen molar-refractivity contribution in [3.8, 4) is 0 Å². The largest absolute Gasteiger partial charge is 0.379 e. The second-order valence-corrected chi connectivity index (χ2v) is 11.6. The Bertz CT molecular complexity index is 807. The summed E-state index contributed by atoms with van der Waals surface area (Å²) in [5, 5.41) is 3.22. The second kappa shape index (κ2) is 10.5. The predicted octanol–water partition coefficient (Wildman–Crippen LogP) is 4.87. The SMILES string of the molecule is COC1(C)CCC(CN2Cc3cc(C(=O)NCC4CCN(C)CC4)ccc3C2C(C)C)CC1. The molecule has 33 heavy (non-hydrogen) atoms. The summed E-state index contributed by atoms with van der Waals surface area (Å²) in [7, 11) is 4.03. The normalized spacial score (nSPS) is 29.4. The Kier molecular flexibility index (Phi) is 7.82. The Hall–Kier alpha value is -1.43. The van der Waals surface area contributed by atoms with Crippen LogP contribution in [-0.4, -0.2) is 61.6 Å². The molecule has 5 nitrogen and oxygen atoms in total. The lowest BCUT2D eigenvalue weighted by Crippen LogP contribution is -2.37. The van der Waals surface area contributed by atoms with Gasteiger partial charge in [0, 0.05) is 38.3 Å². The Morgan fingerprint density at radius 1 is 1.15 bits per heavy atom. The van der Waals surface area contributed by atoms with Gasteiger partial charge in [-0.1, -0.05) is 19.9 Å². The lowest BCUT2D eigenvalue weighted by Gasteiger charge is -2.39. The molecule has 184 valence electrons. The minimum atomic E-state index is 0.0672. The van der Waals surface area contributed by atoms with E-state index >= 15 is 0 Å². The van der Waals surface area contributed by atoms with Crippen LogP contribution < -0.4 is 5.32 Å². The Labute approximate surface area is 201 Å². The van der Waals surface area contributed by atoms with Crippen LogP contribution in [0.4, 0.5) is 0 Å². The van der Waals surface area contributed by atoms with Crippen molar-refractivity contribution in [2.24, 2.45) is 17.8 Å². The van der Waals surface area contributed by atoms with E-state index in [9.17, 15) is 4.79 Å². The molecular weight excluding hydrogens is 410 g/mol. The highest BCUT2D eigenvalue weighted by Gasteiger charge is 2.37. The minimum Gasteiger partial charge on any atom is -0.379 e. The van der Waals surface area contributed by atoms with Gasteiger partial charge in [0.1, 0.15) is 0 Å². The molecule has 0 spiro atoms. The highest BCUT2D eigenvalue weighted by Crippen LogP contribution is 2.42. The summed E-state index contributed by atoms with van der Waals surface area (Å²) in [5.41, 5.74) is 3.66. The number of nitrogens with one attached hydrogen (secondary N) is 1. The fourth-order valence-electron chi connectivity index (χ4n) is 6.26. The summed E-state index contributed by atoms with van der Waals surface area (Å²) in [6.07, 6.45) is 7.15. The first-order valence-corrected chi connectivity index (χ1v) is 13.2. The van der Waals surface area contributed by atoms with Crippen LogP contribution in [-0.2, 0) is 11.3 Å². The van der Waals surface area contributed by atoms with Crippen LogP contribution in [0.1, 0.15) is 86.8 Å². The van der Waals surface area contributed by atoms with E-state index in [0.717, 1.165) is 57.0 Å². The van der Waals surface area contributed by atoms with Crippen molar-refractivity contribution in [2.75, 3.05) is 40.3 Å².